The van der Waals surface area contributed by atoms with Crippen LogP contribution in [0.1, 0.15) is 31.3 Å². The fraction of sp³-hybridized carbons (Fsp3) is 0.636. The lowest BCUT2D eigenvalue weighted by Gasteiger charge is -2.07. The third-order valence-electron chi connectivity index (χ3n) is 2.24. The summed E-state index contributed by atoms with van der Waals surface area (Å²) in [6, 6.07) is 0. The predicted molar refractivity (Wildman–Crippen MR) is 68.2 cm³/mol. The smallest absolute Gasteiger partial charge is 0.362 e. The Morgan fingerprint density at radius 2 is 2.16 bits per heavy atom. The van der Waals surface area contributed by atoms with Crippen LogP contribution in [0.25, 0.3) is 0 Å². The van der Waals surface area contributed by atoms with Crippen LogP contribution >= 0.6 is 0 Å². The normalized spacial score (nSPS) is 10.5. The molecule has 0 aliphatic rings. The van der Waals surface area contributed by atoms with Gasteiger partial charge in [0.25, 0.3) is 0 Å². The second-order valence-corrected chi connectivity index (χ2v) is 4.40. The molecular weight excluding hydrogens is 250 g/mol. The van der Waals surface area contributed by atoms with Crippen LogP contribution in [0.4, 0.5) is 5.82 Å². The van der Waals surface area contributed by atoms with E-state index in [0.29, 0.717) is 12.5 Å². The van der Waals surface area contributed by atoms with Crippen molar-refractivity contribution in [2.24, 2.45) is 5.92 Å². The van der Waals surface area contributed by atoms with E-state index < -0.39 is 5.97 Å². The van der Waals surface area contributed by atoms with Gasteiger partial charge in [-0.3, -0.25) is 4.79 Å². The number of amides is 1. The number of nitrogen functional groups attached to an aromatic ring is 1. The highest BCUT2D eigenvalue weighted by atomic mass is 16.5. The number of nitrogens with two attached hydrogens (primary N) is 1. The van der Waals surface area contributed by atoms with E-state index in [1.165, 1.54) is 4.68 Å². The van der Waals surface area contributed by atoms with Crippen LogP contribution in [0, 0.1) is 5.92 Å². The number of nitrogens with zero attached hydrogens (tertiary/aromatic N) is 3. The SMILES string of the molecule is CCOC(=O)c1nnn(CC(=O)NCC(C)C)c1N. The highest BCUT2D eigenvalue weighted by Crippen LogP contribution is 2.08. The summed E-state index contributed by atoms with van der Waals surface area (Å²) in [5.74, 6) is -0.500. The molecule has 0 radical (unpaired) electrons. The van der Waals surface area contributed by atoms with Crippen molar-refractivity contribution in [1.29, 1.82) is 0 Å². The number of anilines is 1. The summed E-state index contributed by atoms with van der Waals surface area (Å²) in [5, 5.41) is 10.0. The molecule has 0 aliphatic carbocycles. The molecule has 0 aromatic carbocycles. The number of ether oxygens (including phenoxy) is 1. The highest BCUT2D eigenvalue weighted by Gasteiger charge is 2.19. The monoisotopic (exact) mass is 269 g/mol. The molecule has 0 fully saturated rings. The summed E-state index contributed by atoms with van der Waals surface area (Å²) in [6.07, 6.45) is 0. The zero-order valence-electron chi connectivity index (χ0n) is 11.3. The maximum Gasteiger partial charge on any atom is 0.362 e. The minimum absolute atomic E-state index is 0.0261. The average molecular weight is 269 g/mol. The minimum Gasteiger partial charge on any atom is -0.461 e. The summed E-state index contributed by atoms with van der Waals surface area (Å²) >= 11 is 0. The zero-order valence-corrected chi connectivity index (χ0v) is 11.3. The van der Waals surface area contributed by atoms with Gasteiger partial charge >= 0.3 is 5.97 Å². The molecule has 0 aliphatic heterocycles. The van der Waals surface area contributed by atoms with Gasteiger partial charge in [-0.05, 0) is 12.8 Å². The molecule has 0 saturated heterocycles. The van der Waals surface area contributed by atoms with E-state index in [0.717, 1.165) is 0 Å². The summed E-state index contributed by atoms with van der Waals surface area (Å²) in [7, 11) is 0. The van der Waals surface area contributed by atoms with Gasteiger partial charge in [-0.2, -0.15) is 0 Å². The molecule has 1 heterocycles. The summed E-state index contributed by atoms with van der Waals surface area (Å²) < 4.78 is 5.94. The lowest BCUT2D eigenvalue weighted by atomic mass is 10.2. The molecule has 106 valence electrons. The number of rotatable bonds is 6. The zero-order chi connectivity index (χ0) is 14.4. The van der Waals surface area contributed by atoms with Crippen molar-refractivity contribution in [2.45, 2.75) is 27.3 Å². The fourth-order valence-corrected chi connectivity index (χ4v) is 1.29. The Hall–Kier alpha value is -2.12. The van der Waals surface area contributed by atoms with Gasteiger partial charge < -0.3 is 15.8 Å². The van der Waals surface area contributed by atoms with Crippen LogP contribution in [0.3, 0.4) is 0 Å². The van der Waals surface area contributed by atoms with E-state index >= 15 is 0 Å². The number of esters is 1. The standard InChI is InChI=1S/C11H19N5O3/c1-4-19-11(18)9-10(12)16(15-14-9)6-8(17)13-5-7(2)3/h7H,4-6,12H2,1-3H3,(H,13,17). The molecule has 0 atom stereocenters. The lowest BCUT2D eigenvalue weighted by Crippen LogP contribution is -2.31. The van der Waals surface area contributed by atoms with E-state index in [1.807, 2.05) is 13.8 Å². The number of carbonyl (C=O) groups is 2. The number of hydrogen-bond donors (Lipinski definition) is 2. The van der Waals surface area contributed by atoms with E-state index in [1.54, 1.807) is 6.92 Å². The summed E-state index contributed by atoms with van der Waals surface area (Å²) in [6.45, 7) is 6.37. The van der Waals surface area contributed by atoms with Gasteiger partial charge in [-0.25, -0.2) is 9.48 Å². The Morgan fingerprint density at radius 1 is 1.47 bits per heavy atom. The topological polar surface area (TPSA) is 112 Å². The van der Waals surface area contributed by atoms with Crippen molar-refractivity contribution in [3.05, 3.63) is 5.69 Å². The van der Waals surface area contributed by atoms with Crippen molar-refractivity contribution >= 4 is 17.7 Å². The first-order chi connectivity index (χ1) is 8.95. The van der Waals surface area contributed by atoms with Crippen LogP contribution < -0.4 is 11.1 Å². The Balaban J connectivity index is 2.65. The molecule has 0 bridgehead atoms. The average Bonchev–Trinajstić information content (AvgIpc) is 2.69. The third-order valence-corrected chi connectivity index (χ3v) is 2.24. The molecule has 1 rings (SSSR count). The van der Waals surface area contributed by atoms with Crippen molar-refractivity contribution < 1.29 is 14.3 Å². The van der Waals surface area contributed by atoms with Gasteiger partial charge in [0.2, 0.25) is 11.6 Å². The van der Waals surface area contributed by atoms with Crippen LogP contribution in [-0.4, -0.2) is 40.0 Å². The Labute approximate surface area is 111 Å². The number of nitrogens with one attached hydrogen (secondary N) is 1. The molecule has 8 heteroatoms. The van der Waals surface area contributed by atoms with Crippen molar-refractivity contribution in [3.8, 4) is 0 Å². The largest absolute Gasteiger partial charge is 0.461 e. The van der Waals surface area contributed by atoms with Crippen molar-refractivity contribution in [1.82, 2.24) is 20.3 Å². The maximum absolute atomic E-state index is 11.6. The highest BCUT2D eigenvalue weighted by molar-refractivity contribution is 5.92. The van der Waals surface area contributed by atoms with Crippen LogP contribution in [0.2, 0.25) is 0 Å². The first-order valence-corrected chi connectivity index (χ1v) is 6.08. The fourth-order valence-electron chi connectivity index (χ4n) is 1.29. The number of hydrogen-bond acceptors (Lipinski definition) is 6. The van der Waals surface area contributed by atoms with Crippen LogP contribution in [0.15, 0.2) is 0 Å². The van der Waals surface area contributed by atoms with E-state index in [9.17, 15) is 9.59 Å². The molecule has 1 amide bonds. The predicted octanol–water partition coefficient (Wildman–Crippen LogP) is -0.191. The maximum atomic E-state index is 11.6. The quantitative estimate of drug-likeness (QED) is 0.692. The second-order valence-electron chi connectivity index (χ2n) is 4.40. The van der Waals surface area contributed by atoms with E-state index in [4.69, 9.17) is 10.5 Å². The molecule has 3 N–H and O–H groups in total. The van der Waals surface area contributed by atoms with Crippen LogP contribution in [0.5, 0.6) is 0 Å². The van der Waals surface area contributed by atoms with E-state index in [2.05, 4.69) is 15.6 Å². The molecule has 8 nitrogen and oxygen atoms in total. The molecule has 0 unspecified atom stereocenters. The molecule has 19 heavy (non-hydrogen) atoms. The molecule has 1 aromatic rings. The van der Waals surface area contributed by atoms with Gasteiger partial charge in [0.1, 0.15) is 6.54 Å². The Kier molecular flexibility index (Phi) is 5.28. The first-order valence-electron chi connectivity index (χ1n) is 6.08. The lowest BCUT2D eigenvalue weighted by molar-refractivity contribution is -0.122. The van der Waals surface area contributed by atoms with Gasteiger partial charge in [-0.1, -0.05) is 19.1 Å². The van der Waals surface area contributed by atoms with Gasteiger partial charge in [0.05, 0.1) is 6.61 Å². The minimum atomic E-state index is -0.645. The van der Waals surface area contributed by atoms with Crippen molar-refractivity contribution in [2.75, 3.05) is 18.9 Å². The Morgan fingerprint density at radius 3 is 2.74 bits per heavy atom. The summed E-state index contributed by atoms with van der Waals surface area (Å²) in [4.78, 5) is 23.1. The summed E-state index contributed by atoms with van der Waals surface area (Å²) in [5.41, 5.74) is 5.63. The molecule has 0 saturated carbocycles. The second kappa shape index (κ2) is 6.72. The third kappa shape index (κ3) is 4.23. The van der Waals surface area contributed by atoms with Gasteiger partial charge in [0.15, 0.2) is 5.82 Å². The number of aromatic nitrogens is 3. The number of carbonyl (C=O) groups excluding carboxylic acids is 2. The van der Waals surface area contributed by atoms with E-state index in [-0.39, 0.29) is 30.6 Å². The first kappa shape index (κ1) is 14.9. The van der Waals surface area contributed by atoms with Crippen LogP contribution in [-0.2, 0) is 16.1 Å². The van der Waals surface area contributed by atoms with Crippen molar-refractivity contribution in [3.63, 3.8) is 0 Å². The molecular formula is C11H19N5O3. The molecule has 0 spiro atoms. The Bertz CT molecular complexity index is 455. The van der Waals surface area contributed by atoms with Gasteiger partial charge in [-0.15, -0.1) is 5.10 Å². The molecule has 1 aromatic heterocycles. The van der Waals surface area contributed by atoms with Gasteiger partial charge in [0, 0.05) is 6.54 Å².